The number of hydrogen-bond acceptors (Lipinski definition) is 3. The molecule has 2 aliphatic heterocycles. The average molecular weight is 306 g/mol. The Kier molecular flexibility index (Phi) is 4.52. The molecular formula is C17H26N2O3. The lowest BCUT2D eigenvalue weighted by molar-refractivity contribution is -0.158. The second-order valence-electron chi connectivity index (χ2n) is 6.89. The summed E-state index contributed by atoms with van der Waals surface area (Å²) in [6.45, 7) is 6.26. The molecule has 122 valence electrons. The van der Waals surface area contributed by atoms with E-state index in [9.17, 15) is 9.59 Å². The summed E-state index contributed by atoms with van der Waals surface area (Å²) >= 11 is 0. The Morgan fingerprint density at radius 1 is 1.09 bits per heavy atom. The van der Waals surface area contributed by atoms with Gasteiger partial charge in [0.1, 0.15) is 0 Å². The van der Waals surface area contributed by atoms with Crippen molar-refractivity contribution < 1.29 is 14.3 Å². The van der Waals surface area contributed by atoms with E-state index in [0.29, 0.717) is 32.1 Å². The summed E-state index contributed by atoms with van der Waals surface area (Å²) in [6.07, 6.45) is 6.86. The first-order valence-corrected chi connectivity index (χ1v) is 8.47. The lowest BCUT2D eigenvalue weighted by atomic mass is 9.82. The van der Waals surface area contributed by atoms with Crippen LogP contribution in [0.2, 0.25) is 0 Å². The molecule has 0 aromatic heterocycles. The number of carbonyl (C=O) groups excluding carboxylic acids is 2. The van der Waals surface area contributed by atoms with Crippen molar-refractivity contribution in [2.45, 2.75) is 51.7 Å². The summed E-state index contributed by atoms with van der Waals surface area (Å²) in [5.41, 5.74) is 1.36. The van der Waals surface area contributed by atoms with Crippen molar-refractivity contribution in [3.05, 3.63) is 11.6 Å². The number of nitrogens with zero attached hydrogens (tertiary/aromatic N) is 2. The van der Waals surface area contributed by atoms with Gasteiger partial charge in [-0.05, 0) is 45.4 Å². The second kappa shape index (κ2) is 6.41. The third-order valence-corrected chi connectivity index (χ3v) is 4.99. The highest BCUT2D eigenvalue weighted by molar-refractivity contribution is 6.35. The highest BCUT2D eigenvalue weighted by Crippen LogP contribution is 2.32. The zero-order valence-electron chi connectivity index (χ0n) is 13.6. The molecular weight excluding hydrogens is 280 g/mol. The predicted octanol–water partition coefficient (Wildman–Crippen LogP) is 1.58. The molecule has 2 fully saturated rings. The minimum absolute atomic E-state index is 0.00714. The maximum atomic E-state index is 12.6. The third kappa shape index (κ3) is 3.19. The van der Waals surface area contributed by atoms with Crippen molar-refractivity contribution in [1.82, 2.24) is 9.80 Å². The number of allylic oxidation sites excluding steroid dienone is 1. The maximum absolute atomic E-state index is 12.6. The van der Waals surface area contributed by atoms with Gasteiger partial charge in [0.2, 0.25) is 0 Å². The second-order valence-corrected chi connectivity index (χ2v) is 6.89. The van der Waals surface area contributed by atoms with Gasteiger partial charge < -0.3 is 14.5 Å². The number of ether oxygens (including phenoxy) is 1. The Hall–Kier alpha value is -1.36. The van der Waals surface area contributed by atoms with Crippen LogP contribution in [0.4, 0.5) is 0 Å². The van der Waals surface area contributed by atoms with E-state index in [4.69, 9.17) is 4.74 Å². The van der Waals surface area contributed by atoms with Crippen molar-refractivity contribution in [3.63, 3.8) is 0 Å². The fourth-order valence-corrected chi connectivity index (χ4v) is 3.93. The number of fused-ring (bicyclic) bond motifs is 1. The zero-order valence-corrected chi connectivity index (χ0v) is 13.6. The first-order valence-electron chi connectivity index (χ1n) is 8.47. The van der Waals surface area contributed by atoms with E-state index in [2.05, 4.69) is 6.08 Å². The molecule has 0 aromatic rings. The van der Waals surface area contributed by atoms with Gasteiger partial charge in [0, 0.05) is 26.2 Å². The number of rotatable bonds is 0. The molecule has 2 saturated heterocycles. The first kappa shape index (κ1) is 15.5. The van der Waals surface area contributed by atoms with Crippen LogP contribution in [-0.4, -0.2) is 60.0 Å². The normalized spacial score (nSPS) is 32.3. The third-order valence-electron chi connectivity index (χ3n) is 4.99. The van der Waals surface area contributed by atoms with Crippen LogP contribution in [0.15, 0.2) is 11.6 Å². The van der Waals surface area contributed by atoms with Gasteiger partial charge in [-0.15, -0.1) is 0 Å². The van der Waals surface area contributed by atoms with Crippen molar-refractivity contribution in [2.24, 2.45) is 5.92 Å². The van der Waals surface area contributed by atoms with Crippen molar-refractivity contribution >= 4 is 11.8 Å². The molecule has 5 heteroatoms. The molecule has 0 aromatic carbocycles. The molecule has 5 nitrogen and oxygen atoms in total. The molecule has 1 unspecified atom stereocenters. The van der Waals surface area contributed by atoms with Crippen molar-refractivity contribution in [2.75, 3.05) is 26.2 Å². The van der Waals surface area contributed by atoms with Gasteiger partial charge in [0.25, 0.3) is 0 Å². The molecule has 3 aliphatic rings. The van der Waals surface area contributed by atoms with Crippen LogP contribution in [0.25, 0.3) is 0 Å². The number of piperidine rings is 1. The predicted molar refractivity (Wildman–Crippen MR) is 83.2 cm³/mol. The number of hydrogen-bond donors (Lipinski definition) is 0. The minimum Gasteiger partial charge on any atom is -0.372 e. The number of amides is 2. The van der Waals surface area contributed by atoms with Crippen LogP contribution in [0.5, 0.6) is 0 Å². The summed E-state index contributed by atoms with van der Waals surface area (Å²) in [5, 5.41) is 0. The topological polar surface area (TPSA) is 49.9 Å². The van der Waals surface area contributed by atoms with E-state index in [0.717, 1.165) is 12.8 Å². The number of likely N-dealkylation sites (tertiary alicyclic amines) is 1. The van der Waals surface area contributed by atoms with E-state index >= 15 is 0 Å². The van der Waals surface area contributed by atoms with Gasteiger partial charge in [0.15, 0.2) is 0 Å². The molecule has 3 atom stereocenters. The Morgan fingerprint density at radius 2 is 1.77 bits per heavy atom. The van der Waals surface area contributed by atoms with Gasteiger partial charge in [-0.25, -0.2) is 0 Å². The van der Waals surface area contributed by atoms with Crippen LogP contribution < -0.4 is 0 Å². The number of morpholine rings is 1. The SMILES string of the molecule is C[C@@H]1CN(C(=O)C(=O)N2CCC3CCCC=C3C2)C[C@H](C)O1. The first-order chi connectivity index (χ1) is 10.5. The van der Waals surface area contributed by atoms with E-state index in [1.165, 1.54) is 18.4 Å². The van der Waals surface area contributed by atoms with Crippen molar-refractivity contribution in [1.29, 1.82) is 0 Å². The molecule has 0 spiro atoms. The Balaban J connectivity index is 1.63. The Bertz CT molecular complexity index is 478. The maximum Gasteiger partial charge on any atom is 0.312 e. The standard InChI is InChI=1S/C17H26N2O3/c1-12-9-19(10-13(2)22-12)17(21)16(20)18-8-7-14-5-3-4-6-15(14)11-18/h6,12-14H,3-5,7-11H2,1-2H3/t12-,13+,14?. The smallest absolute Gasteiger partial charge is 0.312 e. The van der Waals surface area contributed by atoms with Crippen LogP contribution >= 0.6 is 0 Å². The lowest BCUT2D eigenvalue weighted by Crippen LogP contribution is -2.54. The lowest BCUT2D eigenvalue weighted by Gasteiger charge is -2.38. The molecule has 2 heterocycles. The number of carbonyl (C=O) groups is 2. The van der Waals surface area contributed by atoms with Crippen LogP contribution in [0, 0.1) is 5.92 Å². The molecule has 22 heavy (non-hydrogen) atoms. The highest BCUT2D eigenvalue weighted by Gasteiger charge is 2.35. The molecule has 0 bridgehead atoms. The van der Waals surface area contributed by atoms with Gasteiger partial charge in [-0.1, -0.05) is 11.6 Å². The summed E-state index contributed by atoms with van der Waals surface area (Å²) < 4.78 is 5.63. The van der Waals surface area contributed by atoms with Gasteiger partial charge in [-0.2, -0.15) is 0 Å². The van der Waals surface area contributed by atoms with Gasteiger partial charge >= 0.3 is 11.8 Å². The van der Waals surface area contributed by atoms with E-state index < -0.39 is 0 Å². The molecule has 0 radical (unpaired) electrons. The fourth-order valence-electron chi connectivity index (χ4n) is 3.93. The molecule has 3 rings (SSSR count). The summed E-state index contributed by atoms with van der Waals surface area (Å²) in [4.78, 5) is 28.5. The Morgan fingerprint density at radius 3 is 2.50 bits per heavy atom. The Labute approximate surface area is 132 Å². The molecule has 2 amide bonds. The fraction of sp³-hybridized carbons (Fsp3) is 0.765. The monoisotopic (exact) mass is 306 g/mol. The molecule has 0 N–H and O–H groups in total. The van der Waals surface area contributed by atoms with Crippen LogP contribution in [-0.2, 0) is 14.3 Å². The quantitative estimate of drug-likeness (QED) is 0.504. The highest BCUT2D eigenvalue weighted by atomic mass is 16.5. The van der Waals surface area contributed by atoms with Crippen LogP contribution in [0.3, 0.4) is 0 Å². The average Bonchev–Trinajstić information content (AvgIpc) is 2.52. The summed E-state index contributed by atoms with van der Waals surface area (Å²) in [7, 11) is 0. The molecule has 1 aliphatic carbocycles. The van der Waals surface area contributed by atoms with Crippen LogP contribution in [0.1, 0.15) is 39.5 Å². The zero-order chi connectivity index (χ0) is 15.7. The summed E-state index contributed by atoms with van der Waals surface area (Å²) in [5.74, 6) is -0.0700. The van der Waals surface area contributed by atoms with E-state index in [-0.39, 0.29) is 24.0 Å². The minimum atomic E-state index is -0.364. The van der Waals surface area contributed by atoms with Gasteiger partial charge in [0.05, 0.1) is 12.2 Å². The summed E-state index contributed by atoms with van der Waals surface area (Å²) in [6, 6.07) is 0. The molecule has 0 saturated carbocycles. The largest absolute Gasteiger partial charge is 0.372 e. The van der Waals surface area contributed by atoms with Gasteiger partial charge in [-0.3, -0.25) is 9.59 Å². The van der Waals surface area contributed by atoms with Crippen molar-refractivity contribution in [3.8, 4) is 0 Å². The van der Waals surface area contributed by atoms with E-state index in [1.54, 1.807) is 9.80 Å². The van der Waals surface area contributed by atoms with E-state index in [1.807, 2.05) is 13.8 Å².